The average molecular weight is 649 g/mol. The first-order valence-corrected chi connectivity index (χ1v) is 17.6. The number of hydrogen-bond acceptors (Lipinski definition) is 13. The van der Waals surface area contributed by atoms with Gasteiger partial charge in [-0.15, -0.1) is 11.3 Å². The maximum atomic E-state index is 13.7. The number of cyclic esters (lactones) is 1. The van der Waals surface area contributed by atoms with Crippen LogP contribution in [0.5, 0.6) is 6.01 Å². The molecular weight excluding hydrogens is 604 g/mol. The molecule has 1 spiro atoms. The fraction of sp³-hybridized carbons (Fsp3) is 0.697. The van der Waals surface area contributed by atoms with Gasteiger partial charge in [0.2, 0.25) is 0 Å². The van der Waals surface area contributed by atoms with Crippen LogP contribution in [0.4, 0.5) is 16.6 Å². The monoisotopic (exact) mass is 648 g/mol. The second kappa shape index (κ2) is 11.2. The van der Waals surface area contributed by atoms with E-state index in [-0.39, 0.29) is 22.3 Å². The van der Waals surface area contributed by atoms with Crippen molar-refractivity contribution >= 4 is 33.9 Å². The van der Waals surface area contributed by atoms with Gasteiger partial charge < -0.3 is 34.6 Å². The number of nitriles is 1. The molecule has 0 radical (unpaired) electrons. The maximum absolute atomic E-state index is 13.7. The van der Waals surface area contributed by atoms with Gasteiger partial charge >= 0.3 is 12.0 Å². The number of thiophene rings is 1. The van der Waals surface area contributed by atoms with Crippen LogP contribution < -0.4 is 20.3 Å². The van der Waals surface area contributed by atoms with Gasteiger partial charge in [-0.05, 0) is 64.6 Å². The molecule has 2 aromatic rings. The molecule has 46 heavy (non-hydrogen) atoms. The summed E-state index contributed by atoms with van der Waals surface area (Å²) >= 11 is 1.54. The predicted octanol–water partition coefficient (Wildman–Crippen LogP) is 2.65. The van der Waals surface area contributed by atoms with Gasteiger partial charge in [-0.3, -0.25) is 4.90 Å². The first kappa shape index (κ1) is 30.2. The van der Waals surface area contributed by atoms with Crippen LogP contribution in [-0.2, 0) is 21.3 Å². The Balaban J connectivity index is 1.12. The Hall–Kier alpha value is -3.18. The Morgan fingerprint density at radius 2 is 1.80 bits per heavy atom. The lowest BCUT2D eigenvalue weighted by Gasteiger charge is -2.50. The SMILES string of the molecule is CN(C)C1(CN2CCOC(=O)c3c(N4CC5(CCc6sc(N)c(C#N)c65)C4)nc(OCC4(CN5CCOCC5)CC4)nc32)CCC1. The molecule has 0 aromatic carbocycles. The van der Waals surface area contributed by atoms with Gasteiger partial charge in [0.1, 0.15) is 23.2 Å². The van der Waals surface area contributed by atoms with E-state index in [0.717, 1.165) is 83.5 Å². The van der Waals surface area contributed by atoms with Crippen LogP contribution in [-0.4, -0.2) is 118 Å². The number of morpholine rings is 1. The van der Waals surface area contributed by atoms with Crippen molar-refractivity contribution in [2.75, 3.05) is 102 Å². The van der Waals surface area contributed by atoms with Gasteiger partial charge in [0, 0.05) is 60.5 Å². The van der Waals surface area contributed by atoms with E-state index in [1.165, 1.54) is 11.3 Å². The number of hydrogen-bond donors (Lipinski definition) is 1. The summed E-state index contributed by atoms with van der Waals surface area (Å²) in [6, 6.07) is 2.69. The topological polar surface area (TPSA) is 133 Å². The van der Waals surface area contributed by atoms with E-state index < -0.39 is 0 Å². The molecule has 2 N–H and O–H groups in total. The van der Waals surface area contributed by atoms with Crippen molar-refractivity contribution < 1.29 is 19.0 Å². The molecule has 3 aliphatic heterocycles. The fourth-order valence-electron chi connectivity index (χ4n) is 8.34. The minimum atomic E-state index is -0.386. The third-order valence-electron chi connectivity index (χ3n) is 11.6. The molecule has 3 aliphatic carbocycles. The molecule has 5 heterocycles. The number of rotatable bonds is 9. The second-order valence-corrected chi connectivity index (χ2v) is 15.8. The molecule has 0 unspecified atom stereocenters. The number of fused-ring (bicyclic) bond motifs is 3. The molecule has 6 aliphatic rings. The van der Waals surface area contributed by atoms with Crippen molar-refractivity contribution in [2.24, 2.45) is 5.41 Å². The van der Waals surface area contributed by atoms with Gasteiger partial charge in [0.05, 0.1) is 31.9 Å². The Morgan fingerprint density at radius 3 is 2.48 bits per heavy atom. The Labute approximate surface area is 274 Å². The third-order valence-corrected chi connectivity index (χ3v) is 12.6. The highest BCUT2D eigenvalue weighted by atomic mass is 32.1. The lowest BCUT2D eigenvalue weighted by molar-refractivity contribution is 0.0231. The van der Waals surface area contributed by atoms with E-state index in [4.69, 9.17) is 29.9 Å². The third kappa shape index (κ3) is 5.00. The summed E-state index contributed by atoms with van der Waals surface area (Å²) in [5.41, 5.74) is 8.36. The zero-order chi connectivity index (χ0) is 31.7. The zero-order valence-electron chi connectivity index (χ0n) is 27.0. The standard InChI is InChI=1S/C33H44N8O4S/c1-38(2)33(5-3-6-33)20-40-12-15-44-29(42)24-27(40)36-30(45-21-31(8-9-31)17-39-10-13-43-14-11-39)37-28(24)41-18-32(19-41)7-4-23-25(32)22(16-34)26(35)46-23/h3-15,17-21,35H2,1-2H3. The molecular formula is C33H44N8O4S. The predicted molar refractivity (Wildman–Crippen MR) is 175 cm³/mol. The van der Waals surface area contributed by atoms with E-state index in [0.29, 0.717) is 66.6 Å². The molecule has 0 atom stereocenters. The Bertz CT molecular complexity index is 1570. The summed E-state index contributed by atoms with van der Waals surface area (Å²) < 4.78 is 17.9. The van der Waals surface area contributed by atoms with E-state index in [1.807, 2.05) is 0 Å². The molecule has 2 saturated carbocycles. The molecule has 2 saturated heterocycles. The normalized spacial score (nSPS) is 24.0. The smallest absolute Gasteiger partial charge is 0.345 e. The number of esters is 1. The number of nitrogen functional groups attached to an aromatic ring is 1. The lowest BCUT2D eigenvalue weighted by Crippen LogP contribution is -2.59. The van der Waals surface area contributed by atoms with Crippen molar-refractivity contribution in [3.63, 3.8) is 0 Å². The Morgan fingerprint density at radius 1 is 1.04 bits per heavy atom. The van der Waals surface area contributed by atoms with Crippen molar-refractivity contribution in [3.8, 4) is 12.1 Å². The number of aromatic nitrogens is 2. The number of nitrogens with two attached hydrogens (primary N) is 1. The number of likely N-dealkylation sites (N-methyl/N-ethyl adjacent to an activating group) is 1. The summed E-state index contributed by atoms with van der Waals surface area (Å²) in [4.78, 5) is 34.1. The van der Waals surface area contributed by atoms with E-state index in [1.54, 1.807) is 11.3 Å². The van der Waals surface area contributed by atoms with Gasteiger partial charge in [-0.25, -0.2) is 4.79 Å². The quantitative estimate of drug-likeness (QED) is 0.401. The Kier molecular flexibility index (Phi) is 7.36. The largest absolute Gasteiger partial charge is 0.463 e. The molecule has 0 amide bonds. The molecule has 2 aromatic heterocycles. The van der Waals surface area contributed by atoms with Crippen LogP contribution in [0.15, 0.2) is 0 Å². The van der Waals surface area contributed by atoms with Gasteiger partial charge in [0.25, 0.3) is 0 Å². The maximum Gasteiger partial charge on any atom is 0.345 e. The van der Waals surface area contributed by atoms with Crippen molar-refractivity contribution in [2.45, 2.75) is 55.9 Å². The van der Waals surface area contributed by atoms with Gasteiger partial charge in [-0.1, -0.05) is 0 Å². The fourth-order valence-corrected chi connectivity index (χ4v) is 9.48. The highest BCUT2D eigenvalue weighted by molar-refractivity contribution is 7.16. The van der Waals surface area contributed by atoms with Gasteiger partial charge in [0.15, 0.2) is 11.6 Å². The number of anilines is 3. The van der Waals surface area contributed by atoms with Crippen LogP contribution in [0.3, 0.4) is 0 Å². The first-order valence-electron chi connectivity index (χ1n) is 16.7. The summed E-state index contributed by atoms with van der Waals surface area (Å²) in [7, 11) is 4.29. The van der Waals surface area contributed by atoms with Gasteiger partial charge in [-0.2, -0.15) is 15.2 Å². The van der Waals surface area contributed by atoms with Crippen molar-refractivity contribution in [1.29, 1.82) is 5.26 Å². The number of carbonyl (C=O) groups is 1. The van der Waals surface area contributed by atoms with E-state index in [2.05, 4.69) is 39.8 Å². The van der Waals surface area contributed by atoms with Crippen LogP contribution >= 0.6 is 11.3 Å². The number of aryl methyl sites for hydroxylation is 1. The highest BCUT2D eigenvalue weighted by Gasteiger charge is 2.53. The summed E-state index contributed by atoms with van der Waals surface area (Å²) in [5.74, 6) is 0.797. The molecule has 4 fully saturated rings. The van der Waals surface area contributed by atoms with Crippen LogP contribution in [0.25, 0.3) is 0 Å². The van der Waals surface area contributed by atoms with Crippen LogP contribution in [0, 0.1) is 16.7 Å². The average Bonchev–Trinajstić information content (AvgIpc) is 3.60. The van der Waals surface area contributed by atoms with E-state index in [9.17, 15) is 10.1 Å². The molecule has 0 bridgehead atoms. The minimum absolute atomic E-state index is 0.0284. The molecule has 13 heteroatoms. The lowest BCUT2D eigenvalue weighted by atomic mass is 9.74. The summed E-state index contributed by atoms with van der Waals surface area (Å²) in [5, 5.41) is 10.5. The summed E-state index contributed by atoms with van der Waals surface area (Å²) in [6.07, 6.45) is 7.52. The van der Waals surface area contributed by atoms with E-state index >= 15 is 0 Å². The molecule has 8 rings (SSSR count). The van der Waals surface area contributed by atoms with Crippen molar-refractivity contribution in [1.82, 2.24) is 19.8 Å². The number of nitrogens with zero attached hydrogens (tertiary/aromatic N) is 7. The minimum Gasteiger partial charge on any atom is -0.463 e. The highest BCUT2D eigenvalue weighted by Crippen LogP contribution is 2.53. The molecule has 12 nitrogen and oxygen atoms in total. The molecule has 246 valence electrons. The van der Waals surface area contributed by atoms with Crippen molar-refractivity contribution in [3.05, 3.63) is 21.6 Å². The number of ether oxygens (including phenoxy) is 3. The summed E-state index contributed by atoms with van der Waals surface area (Å²) in [6.45, 7) is 7.93. The van der Waals surface area contributed by atoms with Crippen LogP contribution in [0.1, 0.15) is 64.9 Å². The number of carbonyl (C=O) groups excluding carboxylic acids is 1. The zero-order valence-corrected chi connectivity index (χ0v) is 27.8. The van der Waals surface area contributed by atoms with Crippen LogP contribution in [0.2, 0.25) is 0 Å². The first-order chi connectivity index (χ1) is 22.2. The second-order valence-electron chi connectivity index (χ2n) is 14.6.